The van der Waals surface area contributed by atoms with Gasteiger partial charge in [-0.2, -0.15) is 0 Å². The van der Waals surface area contributed by atoms with Gasteiger partial charge < -0.3 is 19.2 Å². The zero-order chi connectivity index (χ0) is 20.5. The summed E-state index contributed by atoms with van der Waals surface area (Å²) in [6.45, 7) is 6.98. The molecular weight excluding hydrogens is 362 g/mol. The average molecular weight is 387 g/mol. The molecule has 150 valence electrons. The van der Waals surface area contributed by atoms with Crippen molar-refractivity contribution < 1.29 is 23.5 Å². The number of ether oxygens (including phenoxy) is 2. The van der Waals surface area contributed by atoms with E-state index in [1.807, 2.05) is 0 Å². The maximum atomic E-state index is 12.5. The van der Waals surface area contributed by atoms with E-state index in [4.69, 9.17) is 13.9 Å². The number of amides is 1. The molecule has 0 saturated heterocycles. The number of fused-ring (bicyclic) bond motifs is 3. The van der Waals surface area contributed by atoms with Crippen molar-refractivity contribution in [2.75, 3.05) is 0 Å². The van der Waals surface area contributed by atoms with Crippen LogP contribution in [0.4, 0.5) is 4.79 Å². The molecule has 0 saturated carbocycles. The lowest BCUT2D eigenvalue weighted by molar-refractivity contribution is -0.136. The molecule has 2 aromatic rings. The van der Waals surface area contributed by atoms with E-state index in [9.17, 15) is 14.4 Å². The molecule has 1 aromatic carbocycles. The molecule has 0 aliphatic heterocycles. The lowest BCUT2D eigenvalue weighted by Crippen LogP contribution is -2.44. The van der Waals surface area contributed by atoms with E-state index in [1.165, 1.54) is 6.07 Å². The first-order valence-corrected chi connectivity index (χ1v) is 9.47. The highest BCUT2D eigenvalue weighted by molar-refractivity contribution is 5.86. The van der Waals surface area contributed by atoms with Crippen LogP contribution in [0.25, 0.3) is 11.0 Å². The molecule has 1 N–H and O–H groups in total. The van der Waals surface area contributed by atoms with Crippen molar-refractivity contribution in [1.29, 1.82) is 0 Å². The minimum Gasteiger partial charge on any atom is -0.444 e. The number of esters is 1. The van der Waals surface area contributed by atoms with Crippen LogP contribution < -0.4 is 15.7 Å². The Morgan fingerprint density at radius 3 is 2.61 bits per heavy atom. The molecule has 1 atom stereocenters. The Bertz CT molecular complexity index is 969. The summed E-state index contributed by atoms with van der Waals surface area (Å²) in [5.41, 5.74) is 1.15. The van der Waals surface area contributed by atoms with Crippen LogP contribution in [-0.2, 0) is 22.4 Å². The van der Waals surface area contributed by atoms with E-state index in [-0.39, 0.29) is 11.4 Å². The van der Waals surface area contributed by atoms with E-state index in [2.05, 4.69) is 5.32 Å². The number of benzene rings is 1. The van der Waals surface area contributed by atoms with Crippen LogP contribution in [0.1, 0.15) is 51.7 Å². The Balaban J connectivity index is 1.76. The van der Waals surface area contributed by atoms with Gasteiger partial charge in [-0.1, -0.05) is 6.92 Å². The lowest BCUT2D eigenvalue weighted by atomic mass is 10.1. The second kappa shape index (κ2) is 7.66. The molecule has 1 amide bonds. The van der Waals surface area contributed by atoms with Crippen LogP contribution in [0.5, 0.6) is 5.75 Å². The van der Waals surface area contributed by atoms with Crippen molar-refractivity contribution in [3.05, 3.63) is 39.7 Å². The van der Waals surface area contributed by atoms with Gasteiger partial charge in [-0.05, 0) is 64.2 Å². The van der Waals surface area contributed by atoms with Crippen LogP contribution in [-0.4, -0.2) is 23.7 Å². The molecule has 1 aliphatic carbocycles. The summed E-state index contributed by atoms with van der Waals surface area (Å²) in [6, 6.07) is 4.15. The molecule has 1 heterocycles. The van der Waals surface area contributed by atoms with Gasteiger partial charge in [0.25, 0.3) is 0 Å². The van der Waals surface area contributed by atoms with Gasteiger partial charge in [0, 0.05) is 17.0 Å². The highest BCUT2D eigenvalue weighted by Gasteiger charge is 2.25. The summed E-state index contributed by atoms with van der Waals surface area (Å²) in [5.74, 6) is -0.362. The fourth-order valence-electron chi connectivity index (χ4n) is 3.29. The van der Waals surface area contributed by atoms with Gasteiger partial charge >= 0.3 is 17.7 Å². The SMILES string of the molecule is CC[C@H](NC(=O)OC(C)(C)C)C(=O)Oc1ccc2c3c(c(=O)oc2c1)CCC3. The molecule has 1 aromatic heterocycles. The van der Waals surface area contributed by atoms with Gasteiger partial charge in [-0.25, -0.2) is 14.4 Å². The molecule has 0 bridgehead atoms. The first-order valence-electron chi connectivity index (χ1n) is 9.47. The van der Waals surface area contributed by atoms with E-state index < -0.39 is 23.7 Å². The second-order valence-corrected chi connectivity index (χ2v) is 7.89. The fourth-order valence-corrected chi connectivity index (χ4v) is 3.29. The number of hydrogen-bond acceptors (Lipinski definition) is 6. The molecule has 0 unspecified atom stereocenters. The highest BCUT2D eigenvalue weighted by atomic mass is 16.6. The first-order chi connectivity index (χ1) is 13.2. The Labute approximate surface area is 163 Å². The first kappa shape index (κ1) is 19.9. The number of aryl methyl sites for hydroxylation is 1. The van der Waals surface area contributed by atoms with E-state index in [1.54, 1.807) is 39.8 Å². The summed E-state index contributed by atoms with van der Waals surface area (Å²) in [6.07, 6.45) is 2.17. The van der Waals surface area contributed by atoms with Crippen molar-refractivity contribution in [2.45, 2.75) is 65.0 Å². The number of hydrogen-bond donors (Lipinski definition) is 1. The summed E-state index contributed by atoms with van der Waals surface area (Å²) < 4.78 is 16.0. The molecule has 0 fully saturated rings. The minimum absolute atomic E-state index is 0.253. The third kappa shape index (κ3) is 4.35. The molecule has 7 nitrogen and oxygen atoms in total. The molecule has 7 heteroatoms. The third-order valence-electron chi connectivity index (χ3n) is 4.55. The van der Waals surface area contributed by atoms with Gasteiger partial charge in [0.2, 0.25) is 0 Å². The Morgan fingerprint density at radius 1 is 1.21 bits per heavy atom. The Morgan fingerprint density at radius 2 is 1.93 bits per heavy atom. The molecule has 28 heavy (non-hydrogen) atoms. The number of carbonyl (C=O) groups is 2. The van der Waals surface area contributed by atoms with Gasteiger partial charge in [0.1, 0.15) is 23.0 Å². The summed E-state index contributed by atoms with van der Waals surface area (Å²) >= 11 is 0. The maximum Gasteiger partial charge on any atom is 0.408 e. The number of rotatable bonds is 4. The van der Waals surface area contributed by atoms with Crippen LogP contribution >= 0.6 is 0 Å². The summed E-state index contributed by atoms with van der Waals surface area (Å²) in [5, 5.41) is 3.38. The van der Waals surface area contributed by atoms with Crippen molar-refractivity contribution in [3.63, 3.8) is 0 Å². The van der Waals surface area contributed by atoms with Gasteiger partial charge in [0.05, 0.1) is 0 Å². The molecular formula is C21H25NO6. The van der Waals surface area contributed by atoms with E-state index in [0.29, 0.717) is 12.0 Å². The van der Waals surface area contributed by atoms with Gasteiger partial charge in [0.15, 0.2) is 0 Å². The van der Waals surface area contributed by atoms with Crippen molar-refractivity contribution in [3.8, 4) is 5.75 Å². The number of alkyl carbamates (subject to hydrolysis) is 1. The Kier molecular flexibility index (Phi) is 5.45. The van der Waals surface area contributed by atoms with Gasteiger partial charge in [-0.15, -0.1) is 0 Å². The fraction of sp³-hybridized carbons (Fsp3) is 0.476. The van der Waals surface area contributed by atoms with E-state index >= 15 is 0 Å². The number of carbonyl (C=O) groups excluding carboxylic acids is 2. The third-order valence-corrected chi connectivity index (χ3v) is 4.55. The van der Waals surface area contributed by atoms with Gasteiger partial charge in [-0.3, -0.25) is 0 Å². The topological polar surface area (TPSA) is 94.8 Å². The largest absolute Gasteiger partial charge is 0.444 e. The predicted molar refractivity (Wildman–Crippen MR) is 104 cm³/mol. The van der Waals surface area contributed by atoms with Crippen LogP contribution in [0.15, 0.2) is 27.4 Å². The lowest BCUT2D eigenvalue weighted by Gasteiger charge is -2.22. The Hall–Kier alpha value is -2.83. The quantitative estimate of drug-likeness (QED) is 0.490. The average Bonchev–Trinajstić information content (AvgIpc) is 3.08. The van der Waals surface area contributed by atoms with Crippen molar-refractivity contribution in [1.82, 2.24) is 5.32 Å². The van der Waals surface area contributed by atoms with E-state index in [0.717, 1.165) is 35.8 Å². The highest BCUT2D eigenvalue weighted by Crippen LogP contribution is 2.29. The van der Waals surface area contributed by atoms with Crippen molar-refractivity contribution in [2.24, 2.45) is 0 Å². The van der Waals surface area contributed by atoms with Crippen LogP contribution in [0.2, 0.25) is 0 Å². The zero-order valence-corrected chi connectivity index (χ0v) is 16.6. The summed E-state index contributed by atoms with van der Waals surface area (Å²) in [4.78, 5) is 36.5. The molecule has 3 rings (SSSR count). The molecule has 0 radical (unpaired) electrons. The smallest absolute Gasteiger partial charge is 0.408 e. The molecule has 1 aliphatic rings. The predicted octanol–water partition coefficient (Wildman–Crippen LogP) is 3.49. The maximum absolute atomic E-state index is 12.5. The standard InChI is InChI=1S/C21H25NO6/c1-5-16(22-20(25)28-21(2,3)4)19(24)26-12-9-10-14-13-7-6-8-15(13)18(23)27-17(14)11-12/h9-11,16H,5-8H2,1-4H3,(H,22,25)/t16-/m0/s1. The number of nitrogens with one attached hydrogen (secondary N) is 1. The van der Waals surface area contributed by atoms with Crippen LogP contribution in [0.3, 0.4) is 0 Å². The zero-order valence-electron chi connectivity index (χ0n) is 16.6. The second-order valence-electron chi connectivity index (χ2n) is 7.89. The minimum atomic E-state index is -0.849. The molecule has 0 spiro atoms. The normalized spacial score (nSPS) is 14.4. The summed E-state index contributed by atoms with van der Waals surface area (Å²) in [7, 11) is 0. The van der Waals surface area contributed by atoms with Crippen LogP contribution in [0, 0.1) is 0 Å². The monoisotopic (exact) mass is 387 g/mol. The van der Waals surface area contributed by atoms with Crippen molar-refractivity contribution >= 4 is 23.0 Å².